The van der Waals surface area contributed by atoms with Gasteiger partial charge in [-0.2, -0.15) is 13.9 Å². The zero-order valence-electron chi connectivity index (χ0n) is 9.21. The number of fused-ring (bicyclic) bond motifs is 3. The molecule has 0 aromatic carbocycles. The third-order valence-electron chi connectivity index (χ3n) is 3.09. The number of rotatable bonds is 1. The molecule has 0 radical (unpaired) electrons. The first-order chi connectivity index (χ1) is 7.94. The normalized spacial score (nSPS) is 22.6. The summed E-state index contributed by atoms with van der Waals surface area (Å²) in [6.07, 6.45) is 1.54. The number of nitrogens with one attached hydrogen (secondary N) is 1. The molecular formula is C11H9F2N3O. The van der Waals surface area contributed by atoms with Gasteiger partial charge in [-0.05, 0) is 6.08 Å². The van der Waals surface area contributed by atoms with Crippen molar-refractivity contribution in [3.63, 3.8) is 0 Å². The molecule has 4 nitrogen and oxygen atoms in total. The number of carbonyl (C=O) groups is 1. The lowest BCUT2D eigenvalue weighted by Gasteiger charge is -2.17. The number of hydrogen-bond acceptors (Lipinski definition) is 2. The number of amides is 1. The number of H-pyrrole nitrogens is 1. The van der Waals surface area contributed by atoms with Crippen LogP contribution >= 0.6 is 0 Å². The highest BCUT2D eigenvalue weighted by Gasteiger charge is 2.55. The zero-order chi connectivity index (χ0) is 12.4. The minimum Gasteiger partial charge on any atom is -0.343 e. The molecule has 0 bridgehead atoms. The number of nitrogens with zero attached hydrogens (tertiary/aromatic N) is 2. The highest BCUT2D eigenvalue weighted by atomic mass is 19.3. The van der Waals surface area contributed by atoms with Crippen molar-refractivity contribution in [1.82, 2.24) is 15.1 Å². The maximum atomic E-state index is 13.8. The van der Waals surface area contributed by atoms with Gasteiger partial charge in [0.05, 0.1) is 5.57 Å². The Morgan fingerprint density at radius 2 is 2.29 bits per heavy atom. The molecular weight excluding hydrogens is 228 g/mol. The van der Waals surface area contributed by atoms with Gasteiger partial charge in [0.25, 0.3) is 5.91 Å². The van der Waals surface area contributed by atoms with Crippen molar-refractivity contribution in [1.29, 1.82) is 0 Å². The molecule has 0 spiro atoms. The molecule has 1 aromatic rings. The fourth-order valence-electron chi connectivity index (χ4n) is 2.17. The predicted molar refractivity (Wildman–Crippen MR) is 54.8 cm³/mol. The summed E-state index contributed by atoms with van der Waals surface area (Å²) in [5.74, 6) is -3.97. The van der Waals surface area contributed by atoms with Crippen molar-refractivity contribution in [3.8, 4) is 0 Å². The van der Waals surface area contributed by atoms with Gasteiger partial charge in [0.15, 0.2) is 5.69 Å². The van der Waals surface area contributed by atoms with Gasteiger partial charge in [0, 0.05) is 25.6 Å². The Morgan fingerprint density at radius 3 is 2.82 bits per heavy atom. The summed E-state index contributed by atoms with van der Waals surface area (Å²) < 4.78 is 27.6. The molecule has 0 unspecified atom stereocenters. The molecule has 0 saturated heterocycles. The van der Waals surface area contributed by atoms with Crippen molar-refractivity contribution in [3.05, 3.63) is 34.3 Å². The first-order valence-electron chi connectivity index (χ1n) is 5.10. The number of aromatic amines is 1. The molecule has 1 atom stereocenters. The Morgan fingerprint density at radius 1 is 1.59 bits per heavy atom. The van der Waals surface area contributed by atoms with Crippen LogP contribution in [0, 0.1) is 0 Å². The predicted octanol–water partition coefficient (Wildman–Crippen LogP) is 1.40. The molecule has 17 heavy (non-hydrogen) atoms. The lowest BCUT2D eigenvalue weighted by molar-refractivity contribution is 0.0365. The van der Waals surface area contributed by atoms with Gasteiger partial charge >= 0.3 is 5.92 Å². The topological polar surface area (TPSA) is 49.0 Å². The molecule has 88 valence electrons. The molecule has 6 heteroatoms. The van der Waals surface area contributed by atoms with Crippen LogP contribution in [0.1, 0.15) is 27.7 Å². The highest BCUT2D eigenvalue weighted by molar-refractivity contribution is 5.95. The molecule has 1 amide bonds. The van der Waals surface area contributed by atoms with E-state index in [1.807, 2.05) is 0 Å². The average Bonchev–Trinajstić information content (AvgIpc) is 2.63. The number of hydrogen-bond donors (Lipinski definition) is 1. The maximum absolute atomic E-state index is 13.8. The van der Waals surface area contributed by atoms with E-state index in [-0.39, 0.29) is 22.9 Å². The van der Waals surface area contributed by atoms with Crippen LogP contribution in [0.25, 0.3) is 0 Å². The van der Waals surface area contributed by atoms with Gasteiger partial charge < -0.3 is 4.90 Å². The summed E-state index contributed by atoms with van der Waals surface area (Å²) in [6, 6.07) is 0. The molecule has 3 rings (SSSR count). The van der Waals surface area contributed by atoms with Crippen LogP contribution in [0.3, 0.4) is 0 Å². The molecule has 0 fully saturated rings. The summed E-state index contributed by atoms with van der Waals surface area (Å²) in [5, 5.41) is 6.00. The van der Waals surface area contributed by atoms with E-state index < -0.39 is 11.8 Å². The van der Waals surface area contributed by atoms with Gasteiger partial charge in [-0.25, -0.2) is 0 Å². The molecule has 2 aliphatic rings. The molecule has 0 saturated carbocycles. The molecule has 1 heterocycles. The second-order valence-electron chi connectivity index (χ2n) is 4.34. The van der Waals surface area contributed by atoms with Crippen molar-refractivity contribution >= 4 is 5.91 Å². The van der Waals surface area contributed by atoms with E-state index in [0.717, 1.165) is 0 Å². The SMILES string of the molecule is CN(C)C(=O)c1n[nH]c2c1[C@H]1C=C=C1C2(F)F. The third kappa shape index (κ3) is 1.05. The molecule has 0 aliphatic heterocycles. The number of carbonyl (C=O) groups excluding carboxylic acids is 1. The van der Waals surface area contributed by atoms with Crippen molar-refractivity contribution in [2.24, 2.45) is 0 Å². The second kappa shape index (κ2) is 2.84. The van der Waals surface area contributed by atoms with E-state index in [1.165, 1.54) is 11.0 Å². The van der Waals surface area contributed by atoms with Crippen molar-refractivity contribution < 1.29 is 13.6 Å². The second-order valence-corrected chi connectivity index (χ2v) is 4.34. The fourth-order valence-corrected chi connectivity index (χ4v) is 2.17. The van der Waals surface area contributed by atoms with Gasteiger partial charge in [-0.3, -0.25) is 9.89 Å². The van der Waals surface area contributed by atoms with Crippen molar-refractivity contribution in [2.75, 3.05) is 14.1 Å². The minimum absolute atomic E-state index is 0.0717. The van der Waals surface area contributed by atoms with Gasteiger partial charge in [0.2, 0.25) is 0 Å². The Labute approximate surface area is 95.6 Å². The van der Waals surface area contributed by atoms with Crippen LogP contribution in [-0.4, -0.2) is 35.1 Å². The first kappa shape index (κ1) is 10.2. The fraction of sp³-hybridized carbons (Fsp3) is 0.364. The Hall–Kier alpha value is -1.94. The number of aromatic nitrogens is 2. The summed E-state index contributed by atoms with van der Waals surface area (Å²) in [6.45, 7) is 0. The van der Waals surface area contributed by atoms with Crippen LogP contribution in [0.5, 0.6) is 0 Å². The van der Waals surface area contributed by atoms with Gasteiger partial charge in [-0.15, -0.1) is 5.73 Å². The summed E-state index contributed by atoms with van der Waals surface area (Å²) in [4.78, 5) is 13.1. The van der Waals surface area contributed by atoms with Gasteiger partial charge in [0.1, 0.15) is 5.69 Å². The van der Waals surface area contributed by atoms with E-state index in [0.29, 0.717) is 5.56 Å². The largest absolute Gasteiger partial charge is 0.343 e. The minimum atomic E-state index is -3.08. The van der Waals surface area contributed by atoms with Crippen molar-refractivity contribution in [2.45, 2.75) is 11.8 Å². The van der Waals surface area contributed by atoms with Crippen LogP contribution in [0.2, 0.25) is 0 Å². The van der Waals surface area contributed by atoms with E-state index >= 15 is 0 Å². The number of alkyl halides is 2. The van der Waals surface area contributed by atoms with E-state index in [4.69, 9.17) is 0 Å². The van der Waals surface area contributed by atoms with Crippen LogP contribution in [0.4, 0.5) is 8.78 Å². The quantitative estimate of drug-likeness (QED) is 0.750. The monoisotopic (exact) mass is 237 g/mol. The Kier molecular flexibility index (Phi) is 1.71. The highest BCUT2D eigenvalue weighted by Crippen LogP contribution is 2.55. The lowest BCUT2D eigenvalue weighted by Crippen LogP contribution is -2.24. The Bertz CT molecular complexity index is 594. The Balaban J connectivity index is 2.16. The van der Waals surface area contributed by atoms with E-state index in [1.54, 1.807) is 14.1 Å². The maximum Gasteiger partial charge on any atom is 0.318 e. The summed E-state index contributed by atoms with van der Waals surface area (Å²) in [5.41, 5.74) is 2.51. The van der Waals surface area contributed by atoms with E-state index in [9.17, 15) is 13.6 Å². The smallest absolute Gasteiger partial charge is 0.318 e. The average molecular weight is 237 g/mol. The zero-order valence-corrected chi connectivity index (χ0v) is 9.21. The van der Waals surface area contributed by atoms with Crippen LogP contribution < -0.4 is 0 Å². The van der Waals surface area contributed by atoms with Crippen LogP contribution in [-0.2, 0) is 5.92 Å². The standard InChI is InChI=1S/C11H9F2N3O/c1-16(2)10(17)8-7-5-3-4-6(5)11(12,13)9(7)15-14-8/h3,5H,1-2H3,(H,14,15)/t5-/m0/s1. The summed E-state index contributed by atoms with van der Waals surface area (Å²) >= 11 is 0. The molecule has 2 aliphatic carbocycles. The lowest BCUT2D eigenvalue weighted by atomic mass is 9.90. The van der Waals surface area contributed by atoms with Crippen LogP contribution in [0.15, 0.2) is 17.4 Å². The molecule has 1 N–H and O–H groups in total. The first-order valence-corrected chi connectivity index (χ1v) is 5.10. The third-order valence-corrected chi connectivity index (χ3v) is 3.09. The molecule has 1 aromatic heterocycles. The van der Waals surface area contributed by atoms with E-state index in [2.05, 4.69) is 15.9 Å². The van der Waals surface area contributed by atoms with Gasteiger partial charge in [-0.1, -0.05) is 0 Å². The number of allylic oxidation sites excluding steroid dienone is 1. The summed E-state index contributed by atoms with van der Waals surface area (Å²) in [7, 11) is 3.12. The number of halogens is 2.